The van der Waals surface area contributed by atoms with E-state index in [4.69, 9.17) is 0 Å². The van der Waals surface area contributed by atoms with Gasteiger partial charge in [-0.25, -0.2) is 0 Å². The lowest BCUT2D eigenvalue weighted by Gasteiger charge is -2.10. The van der Waals surface area contributed by atoms with Gasteiger partial charge in [0.05, 0.1) is 0 Å². The van der Waals surface area contributed by atoms with Gasteiger partial charge in [-0.15, -0.1) is 0 Å². The van der Waals surface area contributed by atoms with Crippen molar-refractivity contribution in [2.45, 2.75) is 0 Å². The first-order valence-electron chi connectivity index (χ1n) is 6.38. The van der Waals surface area contributed by atoms with E-state index in [2.05, 4.69) is 0 Å². The van der Waals surface area contributed by atoms with E-state index in [-0.39, 0.29) is 11.8 Å². The Hall–Kier alpha value is -2.36. The summed E-state index contributed by atoms with van der Waals surface area (Å²) in [5.74, 6) is -0.196. The van der Waals surface area contributed by atoms with Gasteiger partial charge in [0, 0.05) is 39.3 Å². The molecule has 0 aromatic carbocycles. The van der Waals surface area contributed by atoms with Crippen LogP contribution in [-0.2, 0) is 0 Å². The number of carbonyl (C=O) groups is 2. The van der Waals surface area contributed by atoms with Gasteiger partial charge in [0.1, 0.15) is 0 Å². The molecule has 2 aliphatic rings. The topological polar surface area (TPSA) is 40.6 Å². The number of carbonyl (C=O) groups excluding carboxylic acids is 2. The normalized spacial score (nSPS) is 10.4. The van der Waals surface area contributed by atoms with Crippen LogP contribution in [0, 0.1) is 0 Å². The summed E-state index contributed by atoms with van der Waals surface area (Å²) in [5.41, 5.74) is 2.73. The van der Waals surface area contributed by atoms with E-state index < -0.39 is 0 Å². The van der Waals surface area contributed by atoms with Crippen molar-refractivity contribution in [1.82, 2.24) is 9.80 Å². The summed E-state index contributed by atoms with van der Waals surface area (Å²) < 4.78 is 0. The molecule has 4 heteroatoms. The molecule has 4 nitrogen and oxygen atoms in total. The average Bonchev–Trinajstić information content (AvgIpc) is 2.59. The van der Waals surface area contributed by atoms with Gasteiger partial charge < -0.3 is 9.80 Å². The molecule has 0 fully saturated rings. The molecule has 0 radical (unpaired) electrons. The van der Waals surface area contributed by atoms with Crippen LogP contribution in [0.4, 0.5) is 0 Å². The van der Waals surface area contributed by atoms with E-state index in [0.717, 1.165) is 11.1 Å². The fraction of sp³-hybridized carbons (Fsp3) is 0.250. The van der Waals surface area contributed by atoms with Crippen LogP contribution < -0.4 is 0 Å². The third-order valence-corrected chi connectivity index (χ3v) is 3.18. The van der Waals surface area contributed by atoms with Gasteiger partial charge in [-0.05, 0) is 17.2 Å². The van der Waals surface area contributed by atoms with E-state index >= 15 is 0 Å². The van der Waals surface area contributed by atoms with Crippen molar-refractivity contribution in [3.63, 3.8) is 0 Å². The minimum Gasteiger partial charge on any atom is -0.345 e. The molecule has 0 spiro atoms. The van der Waals surface area contributed by atoms with Gasteiger partial charge in [-0.3, -0.25) is 9.59 Å². The van der Waals surface area contributed by atoms with Crippen molar-refractivity contribution in [3.05, 3.63) is 47.5 Å². The zero-order valence-corrected chi connectivity index (χ0v) is 12.2. The maximum Gasteiger partial charge on any atom is 0.253 e. The highest BCUT2D eigenvalue weighted by atomic mass is 16.2. The molecular weight excluding hydrogens is 252 g/mol. The van der Waals surface area contributed by atoms with E-state index in [1.165, 1.54) is 9.80 Å². The van der Waals surface area contributed by atoms with Crippen LogP contribution in [-0.4, -0.2) is 49.8 Å². The monoisotopic (exact) mass is 270 g/mol. The minimum atomic E-state index is -0.0981. The molecule has 20 heavy (non-hydrogen) atoms. The Morgan fingerprint density at radius 2 is 1.15 bits per heavy atom. The predicted molar refractivity (Wildman–Crippen MR) is 79.1 cm³/mol. The Morgan fingerprint density at radius 1 is 0.750 bits per heavy atom. The smallest absolute Gasteiger partial charge is 0.253 e. The van der Waals surface area contributed by atoms with Gasteiger partial charge in [0.25, 0.3) is 11.8 Å². The number of nitrogens with zero attached hydrogens (tertiary/aromatic N) is 2. The van der Waals surface area contributed by atoms with E-state index in [0.29, 0.717) is 11.1 Å². The molecule has 2 amide bonds. The van der Waals surface area contributed by atoms with Crippen molar-refractivity contribution in [2.75, 3.05) is 28.2 Å². The van der Waals surface area contributed by atoms with Crippen LogP contribution in [0.3, 0.4) is 0 Å². The summed E-state index contributed by atoms with van der Waals surface area (Å²) in [6.07, 6.45) is 0. The fourth-order valence-electron chi connectivity index (χ4n) is 2.15. The SMILES string of the molecule is CN(C)C(=O)c1cc(C(=O)N(C)C)c2cccccc1-2. The Labute approximate surface area is 118 Å². The average molecular weight is 270 g/mol. The quantitative estimate of drug-likeness (QED) is 0.839. The van der Waals surface area contributed by atoms with Crippen LogP contribution in [0.25, 0.3) is 11.1 Å². The first kappa shape index (κ1) is 14.1. The molecule has 0 heterocycles. The van der Waals surface area contributed by atoms with Crippen LogP contribution in [0.5, 0.6) is 0 Å². The first-order chi connectivity index (χ1) is 9.43. The third kappa shape index (κ3) is 2.37. The van der Waals surface area contributed by atoms with E-state index in [9.17, 15) is 9.59 Å². The third-order valence-electron chi connectivity index (χ3n) is 3.18. The predicted octanol–water partition coefficient (Wildman–Crippen LogP) is 2.20. The van der Waals surface area contributed by atoms with Crippen molar-refractivity contribution in [1.29, 1.82) is 0 Å². The second-order valence-electron chi connectivity index (χ2n) is 5.11. The Morgan fingerprint density at radius 3 is 1.50 bits per heavy atom. The van der Waals surface area contributed by atoms with E-state index in [1.54, 1.807) is 34.3 Å². The van der Waals surface area contributed by atoms with Gasteiger partial charge >= 0.3 is 0 Å². The van der Waals surface area contributed by atoms with Crippen LogP contribution in [0.2, 0.25) is 0 Å². The highest BCUT2D eigenvalue weighted by Gasteiger charge is 2.24. The molecule has 0 unspecified atom stereocenters. The number of hydrogen-bond acceptors (Lipinski definition) is 2. The van der Waals surface area contributed by atoms with Crippen molar-refractivity contribution in [3.8, 4) is 11.1 Å². The number of hydrogen-bond donors (Lipinski definition) is 0. The second kappa shape index (κ2) is 5.33. The van der Waals surface area contributed by atoms with E-state index in [1.807, 2.05) is 30.3 Å². The molecule has 0 N–H and O–H groups in total. The second-order valence-corrected chi connectivity index (χ2v) is 5.11. The van der Waals surface area contributed by atoms with Crippen molar-refractivity contribution in [2.24, 2.45) is 0 Å². The van der Waals surface area contributed by atoms with Gasteiger partial charge in [0.2, 0.25) is 0 Å². The van der Waals surface area contributed by atoms with Gasteiger partial charge in [0.15, 0.2) is 0 Å². The molecule has 2 aliphatic carbocycles. The molecule has 0 saturated heterocycles. The molecular formula is C16H18N2O2. The Kier molecular flexibility index (Phi) is 3.74. The summed E-state index contributed by atoms with van der Waals surface area (Å²) in [5, 5.41) is 0. The molecule has 0 aliphatic heterocycles. The number of fused-ring (bicyclic) bond motifs is 1. The highest BCUT2D eigenvalue weighted by molar-refractivity contribution is 6.10. The zero-order chi connectivity index (χ0) is 14.9. The van der Waals surface area contributed by atoms with Crippen molar-refractivity contribution < 1.29 is 9.59 Å². The maximum atomic E-state index is 12.3. The number of rotatable bonds is 2. The summed E-state index contributed by atoms with van der Waals surface area (Å²) in [6.45, 7) is 0. The molecule has 0 saturated carbocycles. The molecule has 0 aromatic rings. The molecule has 104 valence electrons. The lowest BCUT2D eigenvalue weighted by molar-refractivity contribution is 0.0827. The molecule has 0 aromatic heterocycles. The Bertz CT molecular complexity index is 581. The van der Waals surface area contributed by atoms with Gasteiger partial charge in [-0.2, -0.15) is 0 Å². The fourth-order valence-corrected chi connectivity index (χ4v) is 2.15. The summed E-state index contributed by atoms with van der Waals surface area (Å²) in [6, 6.07) is 11.1. The number of amides is 2. The van der Waals surface area contributed by atoms with Gasteiger partial charge in [-0.1, -0.05) is 30.3 Å². The zero-order valence-electron chi connectivity index (χ0n) is 12.2. The Balaban J connectivity index is 2.67. The largest absolute Gasteiger partial charge is 0.345 e. The first-order valence-corrected chi connectivity index (χ1v) is 6.38. The lowest BCUT2D eigenvalue weighted by Crippen LogP contribution is -2.22. The van der Waals surface area contributed by atoms with Crippen molar-refractivity contribution >= 4 is 11.8 Å². The minimum absolute atomic E-state index is 0.0981. The standard InChI is InChI=1S/C16H18N2O2/c1-17(2)15(19)13-10-14(16(20)18(3)4)12-9-7-5-6-8-11(12)13/h5-10H,1-4H3. The molecule has 2 rings (SSSR count). The lowest BCUT2D eigenvalue weighted by atomic mass is 10.1. The summed E-state index contributed by atoms with van der Waals surface area (Å²) in [7, 11) is 6.82. The summed E-state index contributed by atoms with van der Waals surface area (Å²) >= 11 is 0. The van der Waals surface area contributed by atoms with Crippen LogP contribution in [0.15, 0.2) is 36.4 Å². The molecule has 0 atom stereocenters. The highest BCUT2D eigenvalue weighted by Crippen LogP contribution is 2.33. The van der Waals surface area contributed by atoms with Crippen LogP contribution in [0.1, 0.15) is 20.7 Å². The maximum absolute atomic E-state index is 12.3. The van der Waals surface area contributed by atoms with Crippen LogP contribution >= 0.6 is 0 Å². The molecule has 0 bridgehead atoms. The summed E-state index contributed by atoms with van der Waals surface area (Å²) in [4.78, 5) is 27.6.